The van der Waals surface area contributed by atoms with Gasteiger partial charge in [0.05, 0.1) is 11.1 Å². The molecular weight excluding hydrogens is 453 g/mol. The number of aromatic nitrogens is 1. The van der Waals surface area contributed by atoms with Gasteiger partial charge in [0, 0.05) is 16.1 Å². The fraction of sp³-hybridized carbons (Fsp3) is 0.111. The number of rotatable bonds is 2. The van der Waals surface area contributed by atoms with Gasteiger partial charge >= 0.3 is 6.18 Å². The van der Waals surface area contributed by atoms with Crippen LogP contribution in [-0.2, 0) is 8.69 Å². The molecule has 1 aromatic carbocycles. The largest absolute Gasteiger partial charge is 0.417 e. The van der Waals surface area contributed by atoms with Crippen molar-refractivity contribution in [2.24, 2.45) is 0 Å². The van der Waals surface area contributed by atoms with Crippen molar-refractivity contribution in [1.82, 2.24) is 3.97 Å². The van der Waals surface area contributed by atoms with Gasteiger partial charge in [0.15, 0.2) is 0 Å². The highest BCUT2D eigenvalue weighted by molar-refractivity contribution is 14.1. The van der Waals surface area contributed by atoms with E-state index in [-0.39, 0.29) is 15.4 Å². The summed E-state index contributed by atoms with van der Waals surface area (Å²) in [5.41, 5.74) is -0.998. The second-order valence-electron chi connectivity index (χ2n) is 3.26. The first-order chi connectivity index (χ1) is 8.36. The molecule has 18 heavy (non-hydrogen) atoms. The molecule has 0 fully saturated rings. The Labute approximate surface area is 126 Å². The first-order valence-electron chi connectivity index (χ1n) is 4.38. The second kappa shape index (κ2) is 5.17. The van der Waals surface area contributed by atoms with Gasteiger partial charge in [-0.2, -0.15) is 13.2 Å². The highest BCUT2D eigenvalue weighted by Crippen LogP contribution is 2.41. The van der Waals surface area contributed by atoms with E-state index in [4.69, 9.17) is 2.51 Å². The van der Waals surface area contributed by atoms with E-state index in [1.54, 1.807) is 23.0 Å². The maximum atomic E-state index is 13.8. The van der Waals surface area contributed by atoms with Crippen LogP contribution in [0.3, 0.4) is 0 Å². The smallest absolute Gasteiger partial charge is 0.264 e. The number of benzene rings is 1. The zero-order valence-corrected chi connectivity index (χ0v) is 12.8. The zero-order valence-electron chi connectivity index (χ0n) is 8.26. The molecule has 98 valence electrons. The average Bonchev–Trinajstić information content (AvgIpc) is 2.67. The molecular formula is C9H3BrF4INOS. The molecule has 0 spiro atoms. The number of nitrogens with zero attached hydrogens (tertiary/aromatic N) is 1. The van der Waals surface area contributed by atoms with Crippen LogP contribution in [0.1, 0.15) is 5.56 Å². The average molecular weight is 456 g/mol. The molecule has 0 amide bonds. The van der Waals surface area contributed by atoms with Crippen LogP contribution in [0.25, 0.3) is 10.9 Å². The number of alkyl halides is 3. The molecule has 1 aromatic heterocycles. The standard InChI is InChI=1S/C9H3BrF4INOS/c10-7-4-1-2-16(18-17-15)8(4)6(11)3-5(7)9(12,13)14/h1-3H. The topological polar surface area (TPSA) is 14.2 Å². The van der Waals surface area contributed by atoms with Gasteiger partial charge in [0.25, 0.3) is 0 Å². The summed E-state index contributed by atoms with van der Waals surface area (Å²) in [5, 5.41) is 0.142. The molecule has 0 N–H and O–H groups in total. The SMILES string of the molecule is Fc1cc(C(F)(F)F)c(Br)c2ccn(SOI)c12. The highest BCUT2D eigenvalue weighted by Gasteiger charge is 2.35. The molecule has 0 radical (unpaired) electrons. The Morgan fingerprint density at radius 2 is 2.06 bits per heavy atom. The van der Waals surface area contributed by atoms with Crippen molar-refractivity contribution in [2.75, 3.05) is 0 Å². The molecule has 0 aliphatic heterocycles. The number of halogens is 6. The van der Waals surface area contributed by atoms with Crippen molar-refractivity contribution in [3.05, 3.63) is 34.2 Å². The number of hydrogen-bond donors (Lipinski definition) is 0. The summed E-state index contributed by atoms with van der Waals surface area (Å²) in [5.74, 6) is -0.952. The van der Waals surface area contributed by atoms with Crippen molar-refractivity contribution in [1.29, 1.82) is 0 Å². The summed E-state index contributed by atoms with van der Waals surface area (Å²) in [7, 11) is 0. The van der Waals surface area contributed by atoms with Crippen LogP contribution in [0, 0.1) is 5.82 Å². The predicted octanol–water partition coefficient (Wildman–Crippen LogP) is 5.34. The van der Waals surface area contributed by atoms with Crippen LogP contribution < -0.4 is 0 Å². The lowest BCUT2D eigenvalue weighted by molar-refractivity contribution is -0.138. The van der Waals surface area contributed by atoms with Crippen molar-refractivity contribution < 1.29 is 20.1 Å². The first kappa shape index (κ1) is 14.4. The molecule has 2 rings (SSSR count). The molecule has 0 saturated heterocycles. The Morgan fingerprint density at radius 3 is 2.61 bits per heavy atom. The molecule has 2 aromatic rings. The summed E-state index contributed by atoms with van der Waals surface area (Å²) in [6.45, 7) is 0. The molecule has 0 atom stereocenters. The summed E-state index contributed by atoms with van der Waals surface area (Å²) in [6, 6.07) is 1.86. The third-order valence-corrected chi connectivity index (χ3v) is 4.09. The molecule has 2 nitrogen and oxygen atoms in total. The minimum absolute atomic E-state index is 0.0385. The lowest BCUT2D eigenvalue weighted by atomic mass is 10.1. The number of hydrogen-bond acceptors (Lipinski definition) is 2. The van der Waals surface area contributed by atoms with Gasteiger partial charge in [0.2, 0.25) is 0 Å². The van der Waals surface area contributed by atoms with E-state index in [0.29, 0.717) is 6.07 Å². The molecule has 0 saturated carbocycles. The minimum atomic E-state index is -4.61. The van der Waals surface area contributed by atoms with E-state index in [2.05, 4.69) is 15.9 Å². The molecule has 0 bridgehead atoms. The van der Waals surface area contributed by atoms with E-state index >= 15 is 0 Å². The summed E-state index contributed by atoms with van der Waals surface area (Å²) < 4.78 is 57.7. The van der Waals surface area contributed by atoms with Crippen LogP contribution in [0.2, 0.25) is 0 Å². The summed E-state index contributed by atoms with van der Waals surface area (Å²) in [6.07, 6.45) is -3.18. The predicted molar refractivity (Wildman–Crippen MR) is 72.7 cm³/mol. The summed E-state index contributed by atoms with van der Waals surface area (Å²) >= 11 is 5.26. The van der Waals surface area contributed by atoms with Gasteiger partial charge in [-0.1, -0.05) is 0 Å². The van der Waals surface area contributed by atoms with Crippen molar-refractivity contribution >= 4 is 62.1 Å². The lowest BCUT2D eigenvalue weighted by Gasteiger charge is -2.11. The van der Waals surface area contributed by atoms with Crippen molar-refractivity contribution in [2.45, 2.75) is 6.18 Å². The van der Waals surface area contributed by atoms with Gasteiger partial charge < -0.3 is 0 Å². The third kappa shape index (κ3) is 2.49. The van der Waals surface area contributed by atoms with Crippen LogP contribution in [0.5, 0.6) is 0 Å². The Kier molecular flexibility index (Phi) is 4.14. The van der Waals surface area contributed by atoms with Crippen LogP contribution >= 0.6 is 51.2 Å². The molecule has 1 heterocycles. The maximum absolute atomic E-state index is 13.8. The quantitative estimate of drug-likeness (QED) is 0.345. The van der Waals surface area contributed by atoms with Crippen molar-refractivity contribution in [3.63, 3.8) is 0 Å². The van der Waals surface area contributed by atoms with Gasteiger partial charge in [-0.25, -0.2) is 6.90 Å². The number of fused-ring (bicyclic) bond motifs is 1. The van der Waals surface area contributed by atoms with E-state index in [0.717, 1.165) is 12.2 Å². The summed E-state index contributed by atoms with van der Waals surface area (Å²) in [4.78, 5) is 0. The Hall–Kier alpha value is -0.000000000000000222. The van der Waals surface area contributed by atoms with Gasteiger partial charge in [-0.15, -0.1) is 0 Å². The molecule has 0 aliphatic carbocycles. The first-order valence-corrected chi connectivity index (χ1v) is 6.75. The Balaban J connectivity index is 2.74. The van der Waals surface area contributed by atoms with Crippen LogP contribution in [0.4, 0.5) is 17.6 Å². The monoisotopic (exact) mass is 455 g/mol. The second-order valence-corrected chi connectivity index (χ2v) is 5.80. The normalized spacial score (nSPS) is 12.3. The van der Waals surface area contributed by atoms with E-state index in [1.165, 1.54) is 16.2 Å². The van der Waals surface area contributed by atoms with Crippen LogP contribution in [0.15, 0.2) is 22.8 Å². The molecule has 0 unspecified atom stereocenters. The van der Waals surface area contributed by atoms with E-state index in [9.17, 15) is 17.6 Å². The molecule has 0 aliphatic rings. The van der Waals surface area contributed by atoms with Crippen LogP contribution in [-0.4, -0.2) is 3.97 Å². The van der Waals surface area contributed by atoms with Gasteiger partial charge in [0.1, 0.15) is 41.1 Å². The zero-order chi connectivity index (χ0) is 13.5. The Bertz CT molecular complexity index is 600. The van der Waals surface area contributed by atoms with Crippen molar-refractivity contribution in [3.8, 4) is 0 Å². The molecule has 9 heteroatoms. The fourth-order valence-corrected chi connectivity index (χ4v) is 3.14. The highest BCUT2D eigenvalue weighted by atomic mass is 127. The van der Waals surface area contributed by atoms with E-state index < -0.39 is 17.6 Å². The lowest BCUT2D eigenvalue weighted by Crippen LogP contribution is -2.07. The van der Waals surface area contributed by atoms with Gasteiger partial charge in [-0.05, 0) is 28.1 Å². The van der Waals surface area contributed by atoms with E-state index in [1.807, 2.05) is 0 Å². The maximum Gasteiger partial charge on any atom is 0.417 e. The van der Waals surface area contributed by atoms with Gasteiger partial charge in [-0.3, -0.25) is 3.97 Å². The fourth-order valence-electron chi connectivity index (χ4n) is 1.53. The third-order valence-electron chi connectivity index (χ3n) is 2.24. The Morgan fingerprint density at radius 1 is 1.39 bits per heavy atom. The minimum Gasteiger partial charge on any atom is -0.264 e.